The number of hydrogen-bond donors (Lipinski definition) is 0. The summed E-state index contributed by atoms with van der Waals surface area (Å²) >= 11 is 0. The lowest BCUT2D eigenvalue weighted by atomic mass is 10.1. The van der Waals surface area contributed by atoms with Gasteiger partial charge in [0.15, 0.2) is 0 Å². The van der Waals surface area contributed by atoms with Crippen LogP contribution in [0.15, 0.2) is 30.6 Å². The van der Waals surface area contributed by atoms with Crippen LogP contribution in [0.5, 0.6) is 0 Å². The normalized spacial score (nSPS) is 17.2. The van der Waals surface area contributed by atoms with Crippen molar-refractivity contribution in [3.8, 4) is 0 Å². The van der Waals surface area contributed by atoms with E-state index in [-0.39, 0.29) is 11.9 Å². The highest BCUT2D eigenvalue weighted by atomic mass is 16.2. The SMILES string of the molecule is Cc1cnn(CC2CCCN2C(=O)c2ccc3nc(C)c(C)nc3c2)c1. The minimum Gasteiger partial charge on any atom is -0.334 e. The number of likely N-dealkylation sites (tertiary alicyclic amines) is 1. The van der Waals surface area contributed by atoms with Crippen LogP contribution >= 0.6 is 0 Å². The van der Waals surface area contributed by atoms with Crippen LogP contribution in [0.4, 0.5) is 0 Å². The lowest BCUT2D eigenvalue weighted by Crippen LogP contribution is -2.38. The Hall–Kier alpha value is -2.76. The van der Waals surface area contributed by atoms with E-state index in [1.54, 1.807) is 0 Å². The predicted molar refractivity (Wildman–Crippen MR) is 100 cm³/mol. The van der Waals surface area contributed by atoms with Crippen molar-refractivity contribution in [1.82, 2.24) is 24.6 Å². The Bertz CT molecular complexity index is 977. The molecular weight excluding hydrogens is 326 g/mol. The lowest BCUT2D eigenvalue weighted by Gasteiger charge is -2.25. The van der Waals surface area contributed by atoms with Gasteiger partial charge in [-0.3, -0.25) is 9.48 Å². The molecule has 1 aliphatic heterocycles. The van der Waals surface area contributed by atoms with Gasteiger partial charge >= 0.3 is 0 Å². The first-order valence-electron chi connectivity index (χ1n) is 9.06. The second-order valence-corrected chi connectivity index (χ2v) is 7.13. The summed E-state index contributed by atoms with van der Waals surface area (Å²) in [6.07, 6.45) is 5.92. The first-order valence-corrected chi connectivity index (χ1v) is 9.06. The molecule has 1 fully saturated rings. The van der Waals surface area contributed by atoms with Gasteiger partial charge in [-0.2, -0.15) is 5.10 Å². The zero-order chi connectivity index (χ0) is 18.3. The van der Waals surface area contributed by atoms with Crippen LogP contribution in [0.25, 0.3) is 11.0 Å². The molecule has 1 amide bonds. The Labute approximate surface area is 152 Å². The highest BCUT2D eigenvalue weighted by molar-refractivity contribution is 5.97. The molecule has 2 aromatic heterocycles. The predicted octanol–water partition coefficient (Wildman–Crippen LogP) is 3.06. The van der Waals surface area contributed by atoms with Crippen LogP contribution in [0.2, 0.25) is 0 Å². The molecule has 1 unspecified atom stereocenters. The fourth-order valence-electron chi connectivity index (χ4n) is 3.61. The van der Waals surface area contributed by atoms with Crippen molar-refractivity contribution in [2.24, 2.45) is 0 Å². The van der Waals surface area contributed by atoms with E-state index < -0.39 is 0 Å². The van der Waals surface area contributed by atoms with Gasteiger partial charge in [-0.1, -0.05) is 0 Å². The number of hydrogen-bond acceptors (Lipinski definition) is 4. The first-order chi connectivity index (χ1) is 12.5. The number of nitrogens with zero attached hydrogens (tertiary/aromatic N) is 5. The molecule has 4 rings (SSSR count). The highest BCUT2D eigenvalue weighted by Gasteiger charge is 2.30. The fourth-order valence-corrected chi connectivity index (χ4v) is 3.61. The van der Waals surface area contributed by atoms with Gasteiger partial charge in [-0.15, -0.1) is 0 Å². The maximum atomic E-state index is 13.1. The Morgan fingerprint density at radius 1 is 1.15 bits per heavy atom. The second kappa shape index (κ2) is 6.52. The van der Waals surface area contributed by atoms with Crippen molar-refractivity contribution in [3.63, 3.8) is 0 Å². The quantitative estimate of drug-likeness (QED) is 0.729. The van der Waals surface area contributed by atoms with Crippen LogP contribution in [0, 0.1) is 20.8 Å². The number of aryl methyl sites for hydroxylation is 3. The third-order valence-corrected chi connectivity index (χ3v) is 5.12. The van der Waals surface area contributed by atoms with Gasteiger partial charge in [-0.05, 0) is 57.4 Å². The van der Waals surface area contributed by atoms with Gasteiger partial charge in [0.25, 0.3) is 5.91 Å². The van der Waals surface area contributed by atoms with Gasteiger partial charge in [0.05, 0.1) is 41.2 Å². The van der Waals surface area contributed by atoms with Crippen molar-refractivity contribution < 1.29 is 4.79 Å². The molecule has 0 aliphatic carbocycles. The van der Waals surface area contributed by atoms with E-state index in [4.69, 9.17) is 0 Å². The molecule has 1 saturated heterocycles. The molecule has 0 radical (unpaired) electrons. The molecule has 6 heteroatoms. The van der Waals surface area contributed by atoms with Crippen molar-refractivity contribution in [2.45, 2.75) is 46.2 Å². The van der Waals surface area contributed by atoms with Crippen LogP contribution in [-0.4, -0.2) is 43.1 Å². The van der Waals surface area contributed by atoms with E-state index >= 15 is 0 Å². The van der Waals surface area contributed by atoms with Gasteiger partial charge in [-0.25, -0.2) is 9.97 Å². The maximum Gasteiger partial charge on any atom is 0.254 e. The van der Waals surface area contributed by atoms with Crippen molar-refractivity contribution in [1.29, 1.82) is 0 Å². The van der Waals surface area contributed by atoms with E-state index in [9.17, 15) is 4.79 Å². The number of fused-ring (bicyclic) bond motifs is 1. The Morgan fingerprint density at radius 3 is 2.65 bits per heavy atom. The van der Waals surface area contributed by atoms with Crippen molar-refractivity contribution >= 4 is 16.9 Å². The summed E-state index contributed by atoms with van der Waals surface area (Å²) in [4.78, 5) is 24.2. The smallest absolute Gasteiger partial charge is 0.254 e. The van der Waals surface area contributed by atoms with Crippen LogP contribution in [-0.2, 0) is 6.54 Å². The number of carbonyl (C=O) groups excluding carboxylic acids is 1. The number of amides is 1. The van der Waals surface area contributed by atoms with E-state index in [0.29, 0.717) is 5.56 Å². The largest absolute Gasteiger partial charge is 0.334 e. The molecule has 1 atom stereocenters. The van der Waals surface area contributed by atoms with Gasteiger partial charge in [0.2, 0.25) is 0 Å². The molecule has 1 aromatic carbocycles. The van der Waals surface area contributed by atoms with Crippen LogP contribution in [0.3, 0.4) is 0 Å². The van der Waals surface area contributed by atoms with E-state index in [1.807, 2.05) is 60.9 Å². The summed E-state index contributed by atoms with van der Waals surface area (Å²) in [6, 6.07) is 5.80. The third kappa shape index (κ3) is 3.07. The number of carbonyl (C=O) groups is 1. The number of rotatable bonds is 3. The monoisotopic (exact) mass is 349 g/mol. The van der Waals surface area contributed by atoms with Gasteiger partial charge in [0.1, 0.15) is 0 Å². The Morgan fingerprint density at radius 2 is 1.92 bits per heavy atom. The van der Waals surface area contributed by atoms with Gasteiger partial charge in [0, 0.05) is 18.3 Å². The lowest BCUT2D eigenvalue weighted by molar-refractivity contribution is 0.0722. The summed E-state index contributed by atoms with van der Waals surface area (Å²) in [7, 11) is 0. The van der Waals surface area contributed by atoms with E-state index in [1.165, 1.54) is 0 Å². The molecule has 0 N–H and O–H groups in total. The standard InChI is InChI=1S/C20H23N5O/c1-13-10-21-24(11-13)12-17-5-4-8-25(17)20(26)16-6-7-18-19(9-16)23-15(3)14(2)22-18/h6-7,9-11,17H,4-5,8,12H2,1-3H3. The maximum absolute atomic E-state index is 13.1. The highest BCUT2D eigenvalue weighted by Crippen LogP contribution is 2.23. The molecule has 3 heterocycles. The Balaban J connectivity index is 1.59. The van der Waals surface area contributed by atoms with Crippen molar-refractivity contribution in [2.75, 3.05) is 6.54 Å². The average molecular weight is 349 g/mol. The molecule has 0 saturated carbocycles. The minimum atomic E-state index is 0.0679. The number of benzene rings is 1. The first kappa shape index (κ1) is 16.7. The summed E-state index contributed by atoms with van der Waals surface area (Å²) in [5.41, 5.74) is 5.24. The van der Waals surface area contributed by atoms with Crippen LogP contribution in [0.1, 0.15) is 40.2 Å². The second-order valence-electron chi connectivity index (χ2n) is 7.13. The minimum absolute atomic E-state index is 0.0679. The summed E-state index contributed by atoms with van der Waals surface area (Å²) in [5.74, 6) is 0.0679. The fraction of sp³-hybridized carbons (Fsp3) is 0.400. The molecule has 0 spiro atoms. The van der Waals surface area contributed by atoms with E-state index in [2.05, 4.69) is 15.1 Å². The topological polar surface area (TPSA) is 63.9 Å². The third-order valence-electron chi connectivity index (χ3n) is 5.12. The zero-order valence-corrected chi connectivity index (χ0v) is 15.4. The molecule has 3 aromatic rings. The van der Waals surface area contributed by atoms with Gasteiger partial charge < -0.3 is 4.90 Å². The molecular formula is C20H23N5O. The summed E-state index contributed by atoms with van der Waals surface area (Å²) < 4.78 is 1.93. The summed E-state index contributed by atoms with van der Waals surface area (Å²) in [5, 5.41) is 4.37. The number of aromatic nitrogens is 4. The molecule has 26 heavy (non-hydrogen) atoms. The molecule has 0 bridgehead atoms. The average Bonchev–Trinajstić information content (AvgIpc) is 3.24. The molecule has 134 valence electrons. The van der Waals surface area contributed by atoms with E-state index in [0.717, 1.165) is 53.9 Å². The molecule has 1 aliphatic rings. The Kier molecular flexibility index (Phi) is 4.18. The van der Waals surface area contributed by atoms with Crippen molar-refractivity contribution in [3.05, 3.63) is 53.1 Å². The van der Waals surface area contributed by atoms with Crippen LogP contribution < -0.4 is 0 Å². The summed E-state index contributed by atoms with van der Waals surface area (Å²) in [6.45, 7) is 7.46. The zero-order valence-electron chi connectivity index (χ0n) is 15.4. The molecule has 6 nitrogen and oxygen atoms in total.